The molecule has 0 radical (unpaired) electrons. The Bertz CT molecular complexity index is 1550. The molecule has 0 spiro atoms. The Morgan fingerprint density at radius 1 is 1.16 bits per heavy atom. The molecule has 10 nitrogen and oxygen atoms in total. The average Bonchev–Trinajstić information content (AvgIpc) is 3.55. The average molecular weight is 516 g/mol. The van der Waals surface area contributed by atoms with Crippen LogP contribution in [0.25, 0.3) is 11.1 Å². The third-order valence-electron chi connectivity index (χ3n) is 6.89. The van der Waals surface area contributed by atoms with Crippen molar-refractivity contribution < 1.29 is 13.6 Å². The van der Waals surface area contributed by atoms with E-state index in [0.29, 0.717) is 37.0 Å². The predicted octanol–water partition coefficient (Wildman–Crippen LogP) is 3.47. The Morgan fingerprint density at radius 3 is 2.63 bits per heavy atom. The van der Waals surface area contributed by atoms with Crippen molar-refractivity contribution >= 4 is 23.4 Å². The van der Waals surface area contributed by atoms with Gasteiger partial charge in [-0.3, -0.25) is 9.89 Å². The lowest BCUT2D eigenvalue weighted by molar-refractivity contribution is -0.113. The Balaban J connectivity index is 1.21. The number of amides is 1. The van der Waals surface area contributed by atoms with Crippen LogP contribution in [0.4, 0.5) is 26.2 Å². The number of rotatable bonds is 5. The largest absolute Gasteiger partial charge is 0.342 e. The smallest absolute Gasteiger partial charge is 0.282 e. The van der Waals surface area contributed by atoms with Gasteiger partial charge in [-0.15, -0.1) is 0 Å². The molecule has 1 saturated heterocycles. The van der Waals surface area contributed by atoms with Crippen molar-refractivity contribution in [1.82, 2.24) is 29.6 Å². The van der Waals surface area contributed by atoms with E-state index in [4.69, 9.17) is 0 Å². The van der Waals surface area contributed by atoms with Gasteiger partial charge in [-0.2, -0.15) is 15.3 Å². The van der Waals surface area contributed by atoms with E-state index < -0.39 is 24.9 Å². The van der Waals surface area contributed by atoms with Gasteiger partial charge in [-0.25, -0.2) is 13.8 Å². The zero-order chi connectivity index (χ0) is 26.4. The van der Waals surface area contributed by atoms with Gasteiger partial charge in [-0.05, 0) is 35.7 Å². The molecule has 0 unspecified atom stereocenters. The summed E-state index contributed by atoms with van der Waals surface area (Å²) in [6.45, 7) is -0.0992. The quantitative estimate of drug-likeness (QED) is 0.418. The van der Waals surface area contributed by atoms with Crippen molar-refractivity contribution in [1.29, 1.82) is 5.26 Å². The van der Waals surface area contributed by atoms with Gasteiger partial charge in [0, 0.05) is 42.8 Å². The van der Waals surface area contributed by atoms with E-state index in [1.165, 1.54) is 0 Å². The molecule has 5 heterocycles. The summed E-state index contributed by atoms with van der Waals surface area (Å²) in [4.78, 5) is 25.0. The van der Waals surface area contributed by atoms with Gasteiger partial charge >= 0.3 is 0 Å². The number of nitriles is 1. The molecule has 0 aliphatic carbocycles. The second-order valence-electron chi connectivity index (χ2n) is 9.49. The number of hydrogen-bond donors (Lipinski definition) is 2. The second-order valence-corrected chi connectivity index (χ2v) is 9.49. The molecule has 3 aromatic heterocycles. The first-order chi connectivity index (χ1) is 18.3. The fourth-order valence-electron chi connectivity index (χ4n) is 4.84. The van der Waals surface area contributed by atoms with Crippen molar-refractivity contribution in [3.05, 3.63) is 71.4 Å². The Morgan fingerprint density at radius 2 is 1.95 bits per heavy atom. The summed E-state index contributed by atoms with van der Waals surface area (Å²) in [5.41, 5.74) is 5.28. The molecule has 2 aliphatic heterocycles. The first-order valence-corrected chi connectivity index (χ1v) is 12.0. The number of carbonyl (C=O) groups is 1. The molecular weight excluding hydrogens is 492 g/mol. The lowest BCUT2D eigenvalue weighted by atomic mass is 10.1. The summed E-state index contributed by atoms with van der Waals surface area (Å²) in [6, 6.07) is 13.2. The van der Waals surface area contributed by atoms with Crippen LogP contribution in [-0.4, -0.2) is 61.1 Å². The molecular formula is C26H23F2N9O. The predicted molar refractivity (Wildman–Crippen MR) is 135 cm³/mol. The number of halogens is 2. The Kier molecular flexibility index (Phi) is 5.56. The highest BCUT2D eigenvalue weighted by Crippen LogP contribution is 2.31. The van der Waals surface area contributed by atoms with Gasteiger partial charge in [0.25, 0.3) is 11.8 Å². The van der Waals surface area contributed by atoms with Crippen LogP contribution in [0.1, 0.15) is 27.4 Å². The summed E-state index contributed by atoms with van der Waals surface area (Å²) >= 11 is 0. The summed E-state index contributed by atoms with van der Waals surface area (Å²) in [5, 5.41) is 19.6. The Hall–Kier alpha value is -4.79. The zero-order valence-corrected chi connectivity index (χ0v) is 20.4. The summed E-state index contributed by atoms with van der Waals surface area (Å²) in [7, 11) is 1.76. The maximum atomic E-state index is 13.3. The number of carbonyl (C=O) groups excluding carboxylic acids is 1. The number of nitrogens with one attached hydrogen (secondary N) is 2. The highest BCUT2D eigenvalue weighted by molar-refractivity contribution is 5.94. The molecule has 1 amide bonds. The van der Waals surface area contributed by atoms with E-state index in [1.807, 2.05) is 35.4 Å². The molecule has 6 rings (SSSR count). The van der Waals surface area contributed by atoms with Crippen LogP contribution >= 0.6 is 0 Å². The van der Waals surface area contributed by atoms with Crippen LogP contribution in [0.2, 0.25) is 0 Å². The van der Waals surface area contributed by atoms with Crippen molar-refractivity contribution in [2.24, 2.45) is 7.05 Å². The van der Waals surface area contributed by atoms with E-state index in [9.17, 15) is 18.8 Å². The monoisotopic (exact) mass is 515 g/mol. The van der Waals surface area contributed by atoms with E-state index >= 15 is 0 Å². The number of H-pyrrole nitrogens is 1. The molecule has 0 bridgehead atoms. The van der Waals surface area contributed by atoms with Crippen LogP contribution in [0.15, 0.2) is 48.8 Å². The summed E-state index contributed by atoms with van der Waals surface area (Å²) < 4.78 is 28.3. The van der Waals surface area contributed by atoms with Crippen LogP contribution in [-0.2, 0) is 20.0 Å². The maximum Gasteiger partial charge on any atom is 0.282 e. The first kappa shape index (κ1) is 23.6. The number of benzene rings is 1. The lowest BCUT2D eigenvalue weighted by Gasteiger charge is -2.38. The molecule has 2 N–H and O–H groups in total. The van der Waals surface area contributed by atoms with Gasteiger partial charge in [0.05, 0.1) is 25.8 Å². The van der Waals surface area contributed by atoms with Crippen molar-refractivity contribution in [3.8, 4) is 17.2 Å². The number of nitrogens with zero attached hydrogens (tertiary/aromatic N) is 7. The van der Waals surface area contributed by atoms with E-state index in [-0.39, 0.29) is 5.69 Å². The maximum absolute atomic E-state index is 13.3. The molecule has 38 heavy (non-hydrogen) atoms. The number of aromatic nitrogens is 5. The SMILES string of the molecule is Cn1c(C(=O)N2CC(F)(F)C2)cc2c1CN(c1nc(C#N)cc(Nc3ccc(-c4cn[nH]c4)cc3)n1)CC2. The summed E-state index contributed by atoms with van der Waals surface area (Å²) in [6.07, 6.45) is 4.19. The van der Waals surface area contributed by atoms with Crippen LogP contribution < -0.4 is 10.2 Å². The number of hydrogen-bond acceptors (Lipinski definition) is 7. The van der Waals surface area contributed by atoms with Crippen molar-refractivity contribution in [2.45, 2.75) is 18.9 Å². The van der Waals surface area contributed by atoms with Gasteiger partial charge in [0.15, 0.2) is 0 Å². The molecule has 1 fully saturated rings. The lowest BCUT2D eigenvalue weighted by Crippen LogP contribution is -2.58. The number of likely N-dealkylation sites (tertiary alicyclic amines) is 1. The van der Waals surface area contributed by atoms with Crippen LogP contribution in [0.3, 0.4) is 0 Å². The van der Waals surface area contributed by atoms with Gasteiger partial charge in [0.2, 0.25) is 5.95 Å². The normalized spacial score (nSPS) is 15.9. The van der Waals surface area contributed by atoms with E-state index in [0.717, 1.165) is 33.0 Å². The third-order valence-corrected chi connectivity index (χ3v) is 6.89. The van der Waals surface area contributed by atoms with Crippen molar-refractivity contribution in [2.75, 3.05) is 29.9 Å². The zero-order valence-electron chi connectivity index (χ0n) is 20.4. The fourth-order valence-corrected chi connectivity index (χ4v) is 4.84. The molecule has 12 heteroatoms. The second kappa shape index (κ2) is 8.95. The van der Waals surface area contributed by atoms with Gasteiger partial charge in [0.1, 0.15) is 23.3 Å². The minimum Gasteiger partial charge on any atom is -0.342 e. The molecule has 192 valence electrons. The number of fused-ring (bicyclic) bond motifs is 1. The van der Waals surface area contributed by atoms with Crippen LogP contribution in [0.5, 0.6) is 0 Å². The standard InChI is InChI=1S/C26H23F2N9O/c1-35-21(24(38)37-14-26(27,28)15-37)8-17-6-7-36(13-22(17)35)25-33-20(10-29)9-23(34-25)32-19-4-2-16(3-5-19)18-11-30-31-12-18/h2-5,8-9,11-12H,6-7,13-15H2,1H3,(H,30,31)(H,32,33,34). The number of aromatic amines is 1. The number of anilines is 3. The molecule has 4 aromatic rings. The highest BCUT2D eigenvalue weighted by Gasteiger charge is 2.47. The minimum atomic E-state index is -2.81. The highest BCUT2D eigenvalue weighted by atomic mass is 19.3. The topological polar surface area (TPSA) is 119 Å². The fraction of sp³-hybridized carbons (Fsp3) is 0.269. The Labute approximate surface area is 216 Å². The van der Waals surface area contributed by atoms with E-state index in [1.54, 1.807) is 29.9 Å². The van der Waals surface area contributed by atoms with Gasteiger partial charge in [-0.1, -0.05) is 12.1 Å². The first-order valence-electron chi connectivity index (χ1n) is 12.0. The van der Waals surface area contributed by atoms with Crippen LogP contribution in [0, 0.1) is 11.3 Å². The van der Waals surface area contributed by atoms with E-state index in [2.05, 4.69) is 31.6 Å². The number of alkyl halides is 2. The van der Waals surface area contributed by atoms with Gasteiger partial charge < -0.3 is 19.7 Å². The molecule has 2 aliphatic rings. The molecule has 1 aromatic carbocycles. The van der Waals surface area contributed by atoms with Crippen molar-refractivity contribution in [3.63, 3.8) is 0 Å². The third kappa shape index (κ3) is 4.32. The summed E-state index contributed by atoms with van der Waals surface area (Å²) in [5.74, 6) is -2.33. The minimum absolute atomic E-state index is 0.222. The molecule has 0 atom stereocenters. The molecule has 0 saturated carbocycles.